The van der Waals surface area contributed by atoms with Gasteiger partial charge in [-0.05, 0) is 12.8 Å². The molecule has 1 aromatic heterocycles. The number of aliphatic hydroxyl groups excluding tert-OH is 3. The lowest BCUT2D eigenvalue weighted by Gasteiger charge is -2.26. The molecule has 20 heavy (non-hydrogen) atoms. The first-order valence-corrected chi connectivity index (χ1v) is 6.20. The summed E-state index contributed by atoms with van der Waals surface area (Å²) in [5.41, 5.74) is -0.427. The average Bonchev–Trinajstić information content (AvgIpc) is 2.86. The molecule has 0 radical (unpaired) electrons. The molecule has 3 atom stereocenters. The molecule has 1 aliphatic rings. The molecule has 0 amide bonds. The van der Waals surface area contributed by atoms with Crippen molar-refractivity contribution in [2.24, 2.45) is 12.5 Å². The Morgan fingerprint density at radius 2 is 1.95 bits per heavy atom. The van der Waals surface area contributed by atoms with E-state index in [0.717, 1.165) is 5.82 Å². The van der Waals surface area contributed by atoms with Crippen molar-refractivity contribution in [2.75, 3.05) is 13.2 Å². The molecule has 0 aliphatic heterocycles. The van der Waals surface area contributed by atoms with Crippen molar-refractivity contribution in [3.63, 3.8) is 0 Å². The Labute approximate surface area is 131 Å². The molecule has 0 spiro atoms. The lowest BCUT2D eigenvalue weighted by Crippen LogP contribution is -2.36. The van der Waals surface area contributed by atoms with Gasteiger partial charge in [0.2, 0.25) is 0 Å². The van der Waals surface area contributed by atoms with Gasteiger partial charge in [0.25, 0.3) is 0 Å². The van der Waals surface area contributed by atoms with Crippen LogP contribution in [0.1, 0.15) is 18.7 Å². The minimum absolute atomic E-state index is 0. The molecule has 1 aromatic rings. The predicted molar refractivity (Wildman–Crippen MR) is 80.2 cm³/mol. The van der Waals surface area contributed by atoms with Crippen LogP contribution in [0.2, 0.25) is 0 Å². The fourth-order valence-electron chi connectivity index (χ4n) is 2.58. The van der Waals surface area contributed by atoms with Crippen LogP contribution >= 0.6 is 24.8 Å². The number of hydrogen-bond acceptors (Lipinski definition) is 5. The van der Waals surface area contributed by atoms with E-state index < -0.39 is 17.6 Å². The quantitative estimate of drug-likeness (QED) is 0.603. The molecule has 1 fully saturated rings. The summed E-state index contributed by atoms with van der Waals surface area (Å²) >= 11 is 0. The van der Waals surface area contributed by atoms with E-state index in [0.29, 0.717) is 25.9 Å². The van der Waals surface area contributed by atoms with Crippen molar-refractivity contribution in [3.8, 4) is 0 Å². The molecule has 0 saturated heterocycles. The van der Waals surface area contributed by atoms with Gasteiger partial charge in [0.1, 0.15) is 5.82 Å². The first kappa shape index (κ1) is 19.6. The van der Waals surface area contributed by atoms with Gasteiger partial charge in [0.05, 0.1) is 25.4 Å². The van der Waals surface area contributed by atoms with Crippen LogP contribution in [0, 0.1) is 5.41 Å². The molecule has 118 valence electrons. The van der Waals surface area contributed by atoms with E-state index in [1.807, 2.05) is 17.8 Å². The zero-order valence-electron chi connectivity index (χ0n) is 11.4. The topological polar surface area (TPSA) is 90.5 Å². The number of imidazole rings is 1. The summed E-state index contributed by atoms with van der Waals surface area (Å²) < 4.78 is 1.93. The average molecular weight is 328 g/mol. The van der Waals surface area contributed by atoms with Crippen molar-refractivity contribution < 1.29 is 15.3 Å². The number of rotatable bonds is 5. The van der Waals surface area contributed by atoms with Crippen LogP contribution in [0.15, 0.2) is 12.4 Å². The van der Waals surface area contributed by atoms with Gasteiger partial charge in [0, 0.05) is 31.4 Å². The van der Waals surface area contributed by atoms with Crippen LogP contribution in [0.25, 0.3) is 0 Å². The second-order valence-corrected chi connectivity index (χ2v) is 5.26. The van der Waals surface area contributed by atoms with Crippen LogP contribution < -0.4 is 5.32 Å². The van der Waals surface area contributed by atoms with E-state index in [1.165, 1.54) is 0 Å². The second-order valence-electron chi connectivity index (χ2n) is 5.26. The number of nitrogens with one attached hydrogen (secondary N) is 1. The Morgan fingerprint density at radius 1 is 1.35 bits per heavy atom. The first-order valence-electron chi connectivity index (χ1n) is 6.20. The van der Waals surface area contributed by atoms with Gasteiger partial charge in [-0.15, -0.1) is 24.8 Å². The van der Waals surface area contributed by atoms with Gasteiger partial charge in [-0.2, -0.15) is 0 Å². The fraction of sp³-hybridized carbons (Fsp3) is 0.750. The van der Waals surface area contributed by atoms with E-state index in [1.54, 1.807) is 6.20 Å². The Kier molecular flexibility index (Phi) is 8.01. The molecule has 0 bridgehead atoms. The fourth-order valence-corrected chi connectivity index (χ4v) is 2.58. The smallest absolute Gasteiger partial charge is 0.122 e. The van der Waals surface area contributed by atoms with Crippen molar-refractivity contribution in [3.05, 3.63) is 18.2 Å². The van der Waals surface area contributed by atoms with E-state index in [-0.39, 0.29) is 31.4 Å². The summed E-state index contributed by atoms with van der Waals surface area (Å²) in [5.74, 6) is 0.919. The van der Waals surface area contributed by atoms with Crippen LogP contribution in [-0.4, -0.2) is 50.2 Å². The summed E-state index contributed by atoms with van der Waals surface area (Å²) in [7, 11) is 1.93. The van der Waals surface area contributed by atoms with Gasteiger partial charge in [-0.3, -0.25) is 0 Å². The zero-order chi connectivity index (χ0) is 13.2. The molecule has 0 aromatic carbocycles. The zero-order valence-corrected chi connectivity index (χ0v) is 13.0. The summed E-state index contributed by atoms with van der Waals surface area (Å²) in [6.45, 7) is 1.14. The molecular formula is C12H23Cl2N3O3. The molecule has 1 heterocycles. The highest BCUT2D eigenvalue weighted by molar-refractivity contribution is 5.85. The van der Waals surface area contributed by atoms with E-state index in [9.17, 15) is 15.3 Å². The highest BCUT2D eigenvalue weighted by atomic mass is 35.5. The van der Waals surface area contributed by atoms with Crippen molar-refractivity contribution in [2.45, 2.75) is 31.6 Å². The number of nitrogens with zero attached hydrogens (tertiary/aromatic N) is 2. The van der Waals surface area contributed by atoms with Gasteiger partial charge in [-0.25, -0.2) is 4.98 Å². The Balaban J connectivity index is 0.00000180. The lowest BCUT2D eigenvalue weighted by molar-refractivity contribution is 0.0438. The van der Waals surface area contributed by atoms with E-state index in [4.69, 9.17) is 0 Å². The standard InChI is InChI=1S/C12H21N3O3.2ClH/c1-15-3-2-14-11(15)6-13-7-12(8-16)4-9(17)10(18)5-12;;/h2-3,9-10,13,16-18H,4-8H2,1H3;2*1H/t9-,10+,12?;;. The number of aryl methyl sites for hydroxylation is 1. The monoisotopic (exact) mass is 327 g/mol. The maximum Gasteiger partial charge on any atom is 0.122 e. The van der Waals surface area contributed by atoms with Gasteiger partial charge >= 0.3 is 0 Å². The summed E-state index contributed by atoms with van der Waals surface area (Å²) in [5, 5.41) is 31.9. The molecule has 1 saturated carbocycles. The number of aliphatic hydroxyl groups is 3. The lowest BCUT2D eigenvalue weighted by atomic mass is 9.87. The SMILES string of the molecule is Cl.Cl.Cn1ccnc1CNCC1(CO)C[C@@H](O)[C@@H](O)C1. The van der Waals surface area contributed by atoms with Crippen LogP contribution in [-0.2, 0) is 13.6 Å². The van der Waals surface area contributed by atoms with E-state index in [2.05, 4.69) is 10.3 Å². The van der Waals surface area contributed by atoms with E-state index >= 15 is 0 Å². The highest BCUT2D eigenvalue weighted by Crippen LogP contribution is 2.37. The molecule has 4 N–H and O–H groups in total. The maximum atomic E-state index is 9.59. The Morgan fingerprint density at radius 3 is 2.40 bits per heavy atom. The third kappa shape index (κ3) is 4.31. The minimum Gasteiger partial charge on any atom is -0.396 e. The van der Waals surface area contributed by atoms with Crippen molar-refractivity contribution in [1.82, 2.24) is 14.9 Å². The largest absolute Gasteiger partial charge is 0.396 e. The summed E-state index contributed by atoms with van der Waals surface area (Å²) in [6.07, 6.45) is 3.01. The second kappa shape index (κ2) is 8.17. The summed E-state index contributed by atoms with van der Waals surface area (Å²) in [4.78, 5) is 4.20. The highest BCUT2D eigenvalue weighted by Gasteiger charge is 2.43. The molecule has 1 unspecified atom stereocenters. The van der Waals surface area contributed by atoms with Crippen LogP contribution in [0.5, 0.6) is 0 Å². The normalized spacial score (nSPS) is 28.8. The Bertz CT molecular complexity index is 393. The number of hydrogen-bond donors (Lipinski definition) is 4. The third-order valence-corrected chi connectivity index (χ3v) is 3.77. The molecule has 1 aliphatic carbocycles. The minimum atomic E-state index is -0.730. The van der Waals surface area contributed by atoms with Crippen LogP contribution in [0.4, 0.5) is 0 Å². The molecule has 8 heteroatoms. The number of halogens is 2. The maximum absolute atomic E-state index is 9.59. The van der Waals surface area contributed by atoms with Gasteiger partial charge < -0.3 is 25.2 Å². The molecule has 6 nitrogen and oxygen atoms in total. The number of aromatic nitrogens is 2. The molecule has 2 rings (SSSR count). The van der Waals surface area contributed by atoms with Crippen LogP contribution in [0.3, 0.4) is 0 Å². The molecular weight excluding hydrogens is 305 g/mol. The third-order valence-electron chi connectivity index (χ3n) is 3.77. The first-order chi connectivity index (χ1) is 8.56. The van der Waals surface area contributed by atoms with Crippen molar-refractivity contribution in [1.29, 1.82) is 0 Å². The Hall–Kier alpha value is -0.370. The summed E-state index contributed by atoms with van der Waals surface area (Å²) in [6, 6.07) is 0. The van der Waals surface area contributed by atoms with Gasteiger partial charge in [0.15, 0.2) is 0 Å². The predicted octanol–water partition coefficient (Wildman–Crippen LogP) is -0.152. The van der Waals surface area contributed by atoms with Crippen molar-refractivity contribution >= 4 is 24.8 Å². The van der Waals surface area contributed by atoms with Gasteiger partial charge in [-0.1, -0.05) is 0 Å².